The molecular weight excluding hydrogens is 316 g/mol. The number of carbonyl (C=O) groups is 1. The number of nitrogens with zero attached hydrogens (tertiary/aromatic N) is 2. The number of ether oxygens (including phenoxy) is 2. The van der Waals surface area contributed by atoms with Gasteiger partial charge in [-0.25, -0.2) is 4.79 Å². The maximum Gasteiger partial charge on any atom is 0.340 e. The van der Waals surface area contributed by atoms with Gasteiger partial charge < -0.3 is 9.47 Å². The summed E-state index contributed by atoms with van der Waals surface area (Å²) in [6, 6.07) is 7.94. The van der Waals surface area contributed by atoms with E-state index >= 15 is 0 Å². The van der Waals surface area contributed by atoms with Gasteiger partial charge in [0.05, 0.1) is 35.6 Å². The Labute approximate surface area is 148 Å². The van der Waals surface area contributed by atoms with E-state index in [1.807, 2.05) is 38.1 Å². The molecule has 0 bridgehead atoms. The molecule has 0 amide bonds. The number of carbonyl (C=O) groups excluding carboxylic acids is 1. The van der Waals surface area contributed by atoms with Crippen molar-refractivity contribution in [1.82, 2.24) is 9.88 Å². The Morgan fingerprint density at radius 1 is 1.28 bits per heavy atom. The van der Waals surface area contributed by atoms with Gasteiger partial charge in [-0.1, -0.05) is 18.2 Å². The van der Waals surface area contributed by atoms with Gasteiger partial charge in [-0.15, -0.1) is 0 Å². The highest BCUT2D eigenvalue weighted by molar-refractivity contribution is 5.98. The third-order valence-corrected chi connectivity index (χ3v) is 4.58. The minimum atomic E-state index is -0.289. The van der Waals surface area contributed by atoms with Crippen molar-refractivity contribution in [1.29, 1.82) is 0 Å². The third kappa shape index (κ3) is 3.83. The van der Waals surface area contributed by atoms with E-state index in [4.69, 9.17) is 14.5 Å². The molecule has 0 spiro atoms. The van der Waals surface area contributed by atoms with E-state index in [0.29, 0.717) is 18.7 Å². The zero-order valence-corrected chi connectivity index (χ0v) is 15.4. The number of pyridine rings is 1. The summed E-state index contributed by atoms with van der Waals surface area (Å²) in [5.41, 5.74) is 3.24. The zero-order valence-electron chi connectivity index (χ0n) is 15.4. The first-order valence-electron chi connectivity index (χ1n) is 8.92. The Kier molecular flexibility index (Phi) is 5.35. The maximum absolute atomic E-state index is 12.6. The number of hydrogen-bond acceptors (Lipinski definition) is 5. The fraction of sp³-hybridized carbons (Fsp3) is 0.500. The number of hydrogen-bond donors (Lipinski definition) is 0. The topological polar surface area (TPSA) is 51.7 Å². The molecule has 1 fully saturated rings. The average Bonchev–Trinajstić information content (AvgIpc) is 2.54. The van der Waals surface area contributed by atoms with E-state index in [-0.39, 0.29) is 18.2 Å². The monoisotopic (exact) mass is 342 g/mol. The molecule has 25 heavy (non-hydrogen) atoms. The zero-order chi connectivity index (χ0) is 18.0. The van der Waals surface area contributed by atoms with E-state index in [1.165, 1.54) is 0 Å². The SMILES string of the molecule is CCOC(=O)c1c(CN2C[C@@H](C)O[C@H](C)C2)nc2ccccc2c1C. The lowest BCUT2D eigenvalue weighted by Crippen LogP contribution is -2.45. The lowest BCUT2D eigenvalue weighted by atomic mass is 10.0. The third-order valence-electron chi connectivity index (χ3n) is 4.58. The minimum absolute atomic E-state index is 0.177. The van der Waals surface area contributed by atoms with Crippen LogP contribution in [0.4, 0.5) is 0 Å². The summed E-state index contributed by atoms with van der Waals surface area (Å²) in [5, 5.41) is 0.998. The van der Waals surface area contributed by atoms with Gasteiger partial charge in [0.1, 0.15) is 0 Å². The van der Waals surface area contributed by atoms with Gasteiger partial charge in [0.15, 0.2) is 0 Å². The number of esters is 1. The second kappa shape index (κ2) is 7.50. The Morgan fingerprint density at radius 3 is 2.64 bits per heavy atom. The Hall–Kier alpha value is -1.98. The summed E-state index contributed by atoms with van der Waals surface area (Å²) in [6.07, 6.45) is 0.354. The number of aromatic nitrogens is 1. The first-order valence-corrected chi connectivity index (χ1v) is 8.92. The largest absolute Gasteiger partial charge is 0.462 e. The van der Waals surface area contributed by atoms with E-state index in [1.54, 1.807) is 0 Å². The normalized spacial score (nSPS) is 21.4. The molecule has 3 rings (SSSR count). The fourth-order valence-corrected chi connectivity index (χ4v) is 3.65. The Bertz CT molecular complexity index is 765. The van der Waals surface area contributed by atoms with E-state index in [0.717, 1.165) is 35.2 Å². The molecule has 5 heteroatoms. The van der Waals surface area contributed by atoms with Gasteiger partial charge in [0, 0.05) is 25.0 Å². The predicted molar refractivity (Wildman–Crippen MR) is 97.7 cm³/mol. The molecule has 5 nitrogen and oxygen atoms in total. The summed E-state index contributed by atoms with van der Waals surface area (Å²) in [5.74, 6) is -0.289. The molecule has 0 radical (unpaired) electrons. The molecule has 0 aliphatic carbocycles. The van der Waals surface area contributed by atoms with Gasteiger partial charge in [0.25, 0.3) is 0 Å². The van der Waals surface area contributed by atoms with Crippen LogP contribution < -0.4 is 0 Å². The molecule has 1 aliphatic heterocycles. The van der Waals surface area contributed by atoms with Crippen molar-refractivity contribution in [2.75, 3.05) is 19.7 Å². The van der Waals surface area contributed by atoms with Crippen molar-refractivity contribution in [2.45, 2.75) is 46.4 Å². The standard InChI is InChI=1S/C20H26N2O3/c1-5-24-20(23)19-15(4)16-8-6-7-9-17(16)21-18(19)12-22-10-13(2)25-14(3)11-22/h6-9,13-14H,5,10-12H2,1-4H3/t13-,14-/m1/s1. The van der Waals surface area contributed by atoms with Crippen LogP contribution in [-0.2, 0) is 16.0 Å². The molecule has 2 aromatic rings. The van der Waals surface area contributed by atoms with Gasteiger partial charge in [-0.3, -0.25) is 9.88 Å². The summed E-state index contributed by atoms with van der Waals surface area (Å²) < 4.78 is 11.1. The summed E-state index contributed by atoms with van der Waals surface area (Å²) in [4.78, 5) is 19.7. The van der Waals surface area contributed by atoms with Crippen molar-refractivity contribution < 1.29 is 14.3 Å². The molecule has 1 aromatic carbocycles. The molecule has 1 saturated heterocycles. The van der Waals surface area contributed by atoms with Gasteiger partial charge in [-0.2, -0.15) is 0 Å². The van der Waals surface area contributed by atoms with E-state index < -0.39 is 0 Å². The van der Waals surface area contributed by atoms with E-state index in [2.05, 4.69) is 18.7 Å². The number of benzene rings is 1. The molecule has 1 aromatic heterocycles. The van der Waals surface area contributed by atoms with Gasteiger partial charge >= 0.3 is 5.97 Å². The lowest BCUT2D eigenvalue weighted by molar-refractivity contribution is -0.0708. The highest BCUT2D eigenvalue weighted by Crippen LogP contribution is 2.25. The van der Waals surface area contributed by atoms with Crippen molar-refractivity contribution in [3.05, 3.63) is 41.1 Å². The second-order valence-corrected chi connectivity index (χ2v) is 6.75. The second-order valence-electron chi connectivity index (χ2n) is 6.75. The van der Waals surface area contributed by atoms with Gasteiger partial charge in [-0.05, 0) is 39.3 Å². The minimum Gasteiger partial charge on any atom is -0.462 e. The molecule has 0 unspecified atom stereocenters. The maximum atomic E-state index is 12.6. The van der Waals surface area contributed by atoms with Crippen LogP contribution in [0.5, 0.6) is 0 Å². The number of aryl methyl sites for hydroxylation is 1. The van der Waals surface area contributed by atoms with Crippen molar-refractivity contribution in [3.8, 4) is 0 Å². The van der Waals surface area contributed by atoms with Crippen LogP contribution in [0.15, 0.2) is 24.3 Å². The number of para-hydroxylation sites is 1. The summed E-state index contributed by atoms with van der Waals surface area (Å²) >= 11 is 0. The smallest absolute Gasteiger partial charge is 0.340 e. The van der Waals surface area contributed by atoms with Crippen molar-refractivity contribution in [3.63, 3.8) is 0 Å². The summed E-state index contributed by atoms with van der Waals surface area (Å²) in [6.45, 7) is 10.6. The van der Waals surface area contributed by atoms with Crippen molar-refractivity contribution in [2.24, 2.45) is 0 Å². The Balaban J connectivity index is 2.02. The fourth-order valence-electron chi connectivity index (χ4n) is 3.65. The molecular formula is C20H26N2O3. The number of rotatable bonds is 4. The first kappa shape index (κ1) is 17.8. The average molecular weight is 342 g/mol. The van der Waals surface area contributed by atoms with Crippen LogP contribution in [0.25, 0.3) is 10.9 Å². The van der Waals surface area contributed by atoms with Crippen LogP contribution in [0, 0.1) is 6.92 Å². The summed E-state index contributed by atoms with van der Waals surface area (Å²) in [7, 11) is 0. The van der Waals surface area contributed by atoms with Crippen LogP contribution >= 0.6 is 0 Å². The van der Waals surface area contributed by atoms with Crippen LogP contribution in [0.1, 0.15) is 42.4 Å². The predicted octanol–water partition coefficient (Wildman–Crippen LogP) is 3.33. The number of fused-ring (bicyclic) bond motifs is 1. The molecule has 2 atom stereocenters. The van der Waals surface area contributed by atoms with Crippen LogP contribution in [-0.4, -0.2) is 47.8 Å². The molecule has 1 aliphatic rings. The highest BCUT2D eigenvalue weighted by atomic mass is 16.5. The molecule has 0 saturated carbocycles. The number of morpholine rings is 1. The van der Waals surface area contributed by atoms with Crippen LogP contribution in [0.2, 0.25) is 0 Å². The Morgan fingerprint density at radius 2 is 1.96 bits per heavy atom. The van der Waals surface area contributed by atoms with Crippen molar-refractivity contribution >= 4 is 16.9 Å². The van der Waals surface area contributed by atoms with Gasteiger partial charge in [0.2, 0.25) is 0 Å². The molecule has 134 valence electrons. The first-order chi connectivity index (χ1) is 12.0. The molecule has 0 N–H and O–H groups in total. The highest BCUT2D eigenvalue weighted by Gasteiger charge is 2.26. The van der Waals surface area contributed by atoms with Crippen LogP contribution in [0.3, 0.4) is 0 Å². The quantitative estimate of drug-likeness (QED) is 0.798. The lowest BCUT2D eigenvalue weighted by Gasteiger charge is -2.35. The van der Waals surface area contributed by atoms with E-state index in [9.17, 15) is 4.79 Å². The molecule has 2 heterocycles.